The molecular weight excluding hydrogens is 328 g/mol. The summed E-state index contributed by atoms with van der Waals surface area (Å²) < 4.78 is 5.51. The van der Waals surface area contributed by atoms with Crippen molar-refractivity contribution in [3.05, 3.63) is 48.0 Å². The quantitative estimate of drug-likeness (QED) is 0.837. The van der Waals surface area contributed by atoms with Gasteiger partial charge in [0, 0.05) is 13.2 Å². The summed E-state index contributed by atoms with van der Waals surface area (Å²) >= 11 is 0. The normalized spacial score (nSPS) is 19.9. The van der Waals surface area contributed by atoms with E-state index in [4.69, 9.17) is 4.74 Å². The lowest BCUT2D eigenvalue weighted by Crippen LogP contribution is -2.40. The van der Waals surface area contributed by atoms with E-state index in [0.717, 1.165) is 35.8 Å². The standard InChI is InChI=1S/C21H26N2O3/c1-15-11-16(9-10-26-15)13-22-21(25)14-23-20(24)12-18-7-4-6-17-5-2-3-8-19(17)18/h2-8,15-16H,9-14H2,1H3,(H,22,25)(H,23,24)/t15-,16+/m1/s1. The van der Waals surface area contributed by atoms with Gasteiger partial charge >= 0.3 is 0 Å². The van der Waals surface area contributed by atoms with Gasteiger partial charge in [-0.25, -0.2) is 0 Å². The molecule has 2 aromatic rings. The van der Waals surface area contributed by atoms with E-state index in [1.165, 1.54) is 0 Å². The van der Waals surface area contributed by atoms with Gasteiger partial charge in [0.1, 0.15) is 0 Å². The second-order valence-corrected chi connectivity index (χ2v) is 6.97. The fourth-order valence-corrected chi connectivity index (χ4v) is 3.46. The van der Waals surface area contributed by atoms with Crippen LogP contribution in [0.25, 0.3) is 10.8 Å². The van der Waals surface area contributed by atoms with Gasteiger partial charge in [-0.05, 0) is 42.0 Å². The predicted molar refractivity (Wildman–Crippen MR) is 102 cm³/mol. The highest BCUT2D eigenvalue weighted by Crippen LogP contribution is 2.19. The average Bonchev–Trinajstić information content (AvgIpc) is 2.65. The number of rotatable bonds is 6. The molecule has 0 aliphatic carbocycles. The molecule has 2 N–H and O–H groups in total. The molecule has 0 unspecified atom stereocenters. The summed E-state index contributed by atoms with van der Waals surface area (Å²) in [5.41, 5.74) is 0.970. The van der Waals surface area contributed by atoms with Gasteiger partial charge in [-0.2, -0.15) is 0 Å². The Morgan fingerprint density at radius 1 is 1.08 bits per heavy atom. The summed E-state index contributed by atoms with van der Waals surface area (Å²) in [5.74, 6) is 0.167. The third-order valence-corrected chi connectivity index (χ3v) is 4.86. The molecule has 1 heterocycles. The third kappa shape index (κ3) is 5.05. The van der Waals surface area contributed by atoms with Gasteiger partial charge in [0.05, 0.1) is 19.1 Å². The number of amides is 2. The molecule has 26 heavy (non-hydrogen) atoms. The van der Waals surface area contributed by atoms with E-state index >= 15 is 0 Å². The molecule has 1 aliphatic heterocycles. The van der Waals surface area contributed by atoms with Crippen LogP contribution in [-0.4, -0.2) is 37.6 Å². The first-order valence-corrected chi connectivity index (χ1v) is 9.23. The molecule has 0 radical (unpaired) electrons. The zero-order valence-electron chi connectivity index (χ0n) is 15.2. The van der Waals surface area contributed by atoms with Gasteiger partial charge in [-0.1, -0.05) is 42.5 Å². The number of benzene rings is 2. The third-order valence-electron chi connectivity index (χ3n) is 4.86. The molecule has 2 amide bonds. The largest absolute Gasteiger partial charge is 0.378 e. The van der Waals surface area contributed by atoms with E-state index < -0.39 is 0 Å². The van der Waals surface area contributed by atoms with Crippen molar-refractivity contribution in [1.29, 1.82) is 0 Å². The van der Waals surface area contributed by atoms with Crippen LogP contribution in [0, 0.1) is 5.92 Å². The van der Waals surface area contributed by atoms with E-state index in [2.05, 4.69) is 17.6 Å². The zero-order chi connectivity index (χ0) is 18.4. The molecule has 1 fully saturated rings. The highest BCUT2D eigenvalue weighted by atomic mass is 16.5. The molecule has 5 heteroatoms. The van der Waals surface area contributed by atoms with Gasteiger partial charge < -0.3 is 15.4 Å². The Kier molecular flexibility index (Phi) is 6.23. The van der Waals surface area contributed by atoms with Gasteiger partial charge in [-0.15, -0.1) is 0 Å². The molecule has 1 aliphatic rings. The number of carbonyl (C=O) groups excluding carboxylic acids is 2. The summed E-state index contributed by atoms with van der Waals surface area (Å²) in [6, 6.07) is 13.9. The second-order valence-electron chi connectivity index (χ2n) is 6.97. The fraction of sp³-hybridized carbons (Fsp3) is 0.429. The topological polar surface area (TPSA) is 67.4 Å². The van der Waals surface area contributed by atoms with Crippen molar-refractivity contribution in [2.75, 3.05) is 19.7 Å². The highest BCUT2D eigenvalue weighted by molar-refractivity contribution is 5.91. The number of hydrogen-bond donors (Lipinski definition) is 2. The zero-order valence-corrected chi connectivity index (χ0v) is 15.2. The van der Waals surface area contributed by atoms with Crippen LogP contribution in [0.3, 0.4) is 0 Å². The Labute approximate surface area is 154 Å². The van der Waals surface area contributed by atoms with Crippen LogP contribution in [0.5, 0.6) is 0 Å². The minimum atomic E-state index is -0.143. The van der Waals surface area contributed by atoms with Crippen molar-refractivity contribution in [3.8, 4) is 0 Å². The predicted octanol–water partition coefficient (Wildman–Crippen LogP) is 2.43. The van der Waals surface area contributed by atoms with Crippen molar-refractivity contribution >= 4 is 22.6 Å². The molecule has 138 valence electrons. The summed E-state index contributed by atoms with van der Waals surface area (Å²) in [5, 5.41) is 7.81. The minimum Gasteiger partial charge on any atom is -0.378 e. The van der Waals surface area contributed by atoms with Gasteiger partial charge in [0.15, 0.2) is 0 Å². The van der Waals surface area contributed by atoms with Crippen LogP contribution >= 0.6 is 0 Å². The molecule has 2 atom stereocenters. The Hall–Kier alpha value is -2.40. The molecule has 5 nitrogen and oxygen atoms in total. The second kappa shape index (κ2) is 8.81. The molecule has 1 saturated heterocycles. The first-order chi connectivity index (χ1) is 12.6. The van der Waals surface area contributed by atoms with Crippen molar-refractivity contribution in [1.82, 2.24) is 10.6 Å². The van der Waals surface area contributed by atoms with E-state index in [0.29, 0.717) is 12.5 Å². The maximum absolute atomic E-state index is 12.2. The van der Waals surface area contributed by atoms with E-state index in [9.17, 15) is 9.59 Å². The van der Waals surface area contributed by atoms with Crippen LogP contribution in [0.4, 0.5) is 0 Å². The highest BCUT2D eigenvalue weighted by Gasteiger charge is 2.19. The lowest BCUT2D eigenvalue weighted by Gasteiger charge is -2.27. The van der Waals surface area contributed by atoms with E-state index in [1.54, 1.807) is 0 Å². The molecule has 0 bridgehead atoms. The molecule has 2 aromatic carbocycles. The number of nitrogens with one attached hydrogen (secondary N) is 2. The van der Waals surface area contributed by atoms with Crippen molar-refractivity contribution in [3.63, 3.8) is 0 Å². The smallest absolute Gasteiger partial charge is 0.239 e. The molecule has 0 spiro atoms. The SMILES string of the molecule is C[C@@H]1C[C@@H](CNC(=O)CNC(=O)Cc2cccc3ccccc23)CCO1. The summed E-state index contributed by atoms with van der Waals surface area (Å²) in [6.45, 7) is 3.47. The molecule has 0 aromatic heterocycles. The Morgan fingerprint density at radius 3 is 2.73 bits per heavy atom. The monoisotopic (exact) mass is 354 g/mol. The average molecular weight is 354 g/mol. The van der Waals surface area contributed by atoms with Gasteiger partial charge in [-0.3, -0.25) is 9.59 Å². The first-order valence-electron chi connectivity index (χ1n) is 9.23. The maximum atomic E-state index is 12.2. The number of ether oxygens (including phenoxy) is 1. The van der Waals surface area contributed by atoms with Crippen LogP contribution < -0.4 is 10.6 Å². The lowest BCUT2D eigenvalue weighted by atomic mass is 9.96. The minimum absolute atomic E-state index is 0.0162. The van der Waals surface area contributed by atoms with Crippen molar-refractivity contribution in [2.45, 2.75) is 32.3 Å². The molecule has 0 saturated carbocycles. The van der Waals surface area contributed by atoms with Crippen molar-refractivity contribution < 1.29 is 14.3 Å². The van der Waals surface area contributed by atoms with E-state index in [-0.39, 0.29) is 30.9 Å². The van der Waals surface area contributed by atoms with Gasteiger partial charge in [0.2, 0.25) is 11.8 Å². The molecular formula is C21H26N2O3. The van der Waals surface area contributed by atoms with Crippen LogP contribution in [0.2, 0.25) is 0 Å². The van der Waals surface area contributed by atoms with Gasteiger partial charge in [0.25, 0.3) is 0 Å². The summed E-state index contributed by atoms with van der Waals surface area (Å²) in [7, 11) is 0. The molecule has 3 rings (SSSR count). The van der Waals surface area contributed by atoms with Crippen molar-refractivity contribution in [2.24, 2.45) is 5.92 Å². The van der Waals surface area contributed by atoms with Crippen LogP contribution in [-0.2, 0) is 20.7 Å². The Bertz CT molecular complexity index is 769. The number of fused-ring (bicyclic) bond motifs is 1. The summed E-state index contributed by atoms with van der Waals surface area (Å²) in [4.78, 5) is 24.2. The summed E-state index contributed by atoms with van der Waals surface area (Å²) in [6.07, 6.45) is 2.46. The fourth-order valence-electron chi connectivity index (χ4n) is 3.46. The van der Waals surface area contributed by atoms with Crippen LogP contribution in [0.1, 0.15) is 25.3 Å². The Balaban J connectivity index is 1.44. The maximum Gasteiger partial charge on any atom is 0.239 e. The number of carbonyl (C=O) groups is 2. The number of hydrogen-bond acceptors (Lipinski definition) is 3. The first kappa shape index (κ1) is 18.4. The Morgan fingerprint density at radius 2 is 1.88 bits per heavy atom. The van der Waals surface area contributed by atoms with Crippen LogP contribution in [0.15, 0.2) is 42.5 Å². The van der Waals surface area contributed by atoms with E-state index in [1.807, 2.05) is 42.5 Å². The lowest BCUT2D eigenvalue weighted by molar-refractivity contribution is -0.126.